The number of carbonyl (C=O) groups excluding carboxylic acids is 1. The van der Waals surface area contributed by atoms with E-state index in [0.717, 1.165) is 0 Å². The van der Waals surface area contributed by atoms with Gasteiger partial charge in [0.25, 0.3) is 0 Å². The molecule has 3 nitrogen and oxygen atoms in total. The molecule has 0 rings (SSSR count). The van der Waals surface area contributed by atoms with Crippen LogP contribution in [0.25, 0.3) is 0 Å². The van der Waals surface area contributed by atoms with Crippen molar-refractivity contribution in [2.75, 3.05) is 6.61 Å². The lowest BCUT2D eigenvalue weighted by atomic mass is 10.3. The Bertz CT molecular complexity index is 106. The standard InChI is InChI=1S/C6H12FNO2/c1-5(7)3-4-10-8-6(2)9/h5H,3-4H2,1-2H3,(H,8,9). The number of hydroxylamine groups is 1. The fourth-order valence-electron chi connectivity index (χ4n) is 0.374. The van der Waals surface area contributed by atoms with Gasteiger partial charge >= 0.3 is 0 Å². The van der Waals surface area contributed by atoms with Crippen molar-refractivity contribution in [3.63, 3.8) is 0 Å². The molecule has 0 radical (unpaired) electrons. The van der Waals surface area contributed by atoms with E-state index in [2.05, 4.69) is 10.3 Å². The molecule has 0 bridgehead atoms. The van der Waals surface area contributed by atoms with Crippen LogP contribution < -0.4 is 5.48 Å². The number of carbonyl (C=O) groups is 1. The quantitative estimate of drug-likeness (QED) is 0.474. The summed E-state index contributed by atoms with van der Waals surface area (Å²) in [5.41, 5.74) is 2.10. The summed E-state index contributed by atoms with van der Waals surface area (Å²) < 4.78 is 12.0. The predicted molar refractivity (Wildman–Crippen MR) is 35.0 cm³/mol. The van der Waals surface area contributed by atoms with Crippen LogP contribution in [0, 0.1) is 0 Å². The Morgan fingerprint density at radius 2 is 2.40 bits per heavy atom. The number of hydrogen-bond acceptors (Lipinski definition) is 2. The van der Waals surface area contributed by atoms with Gasteiger partial charge in [-0.25, -0.2) is 9.87 Å². The van der Waals surface area contributed by atoms with Gasteiger partial charge in [-0.15, -0.1) is 0 Å². The summed E-state index contributed by atoms with van der Waals surface area (Å²) in [7, 11) is 0. The lowest BCUT2D eigenvalue weighted by molar-refractivity contribution is -0.131. The van der Waals surface area contributed by atoms with Crippen molar-refractivity contribution >= 4 is 5.91 Å². The van der Waals surface area contributed by atoms with E-state index in [1.54, 1.807) is 0 Å². The van der Waals surface area contributed by atoms with Gasteiger partial charge in [0, 0.05) is 13.3 Å². The monoisotopic (exact) mass is 149 g/mol. The first kappa shape index (κ1) is 9.36. The first-order chi connectivity index (χ1) is 4.63. The molecule has 4 heteroatoms. The highest BCUT2D eigenvalue weighted by molar-refractivity contribution is 5.71. The molecular weight excluding hydrogens is 137 g/mol. The third-order valence-corrected chi connectivity index (χ3v) is 0.834. The van der Waals surface area contributed by atoms with Crippen molar-refractivity contribution in [1.29, 1.82) is 0 Å². The summed E-state index contributed by atoms with van der Waals surface area (Å²) in [6.45, 7) is 2.99. The van der Waals surface area contributed by atoms with E-state index in [0.29, 0.717) is 6.42 Å². The molecule has 0 saturated heterocycles. The number of halogens is 1. The summed E-state index contributed by atoms with van der Waals surface area (Å²) >= 11 is 0. The van der Waals surface area contributed by atoms with Gasteiger partial charge in [0.05, 0.1) is 12.8 Å². The summed E-state index contributed by atoms with van der Waals surface area (Å²) in [6, 6.07) is 0. The maximum atomic E-state index is 12.0. The van der Waals surface area contributed by atoms with E-state index in [1.807, 2.05) is 0 Å². The molecule has 0 fully saturated rings. The molecule has 0 saturated carbocycles. The van der Waals surface area contributed by atoms with Crippen LogP contribution in [0.1, 0.15) is 20.3 Å². The summed E-state index contributed by atoms with van der Waals surface area (Å²) in [6.07, 6.45) is -0.575. The average molecular weight is 149 g/mol. The Labute approximate surface area is 59.5 Å². The van der Waals surface area contributed by atoms with E-state index in [9.17, 15) is 9.18 Å². The number of nitrogens with one attached hydrogen (secondary N) is 1. The Kier molecular flexibility index (Phi) is 4.84. The largest absolute Gasteiger partial charge is 0.274 e. The van der Waals surface area contributed by atoms with Crippen LogP contribution in [0.3, 0.4) is 0 Å². The fraction of sp³-hybridized carbons (Fsp3) is 0.833. The van der Waals surface area contributed by atoms with Crippen molar-refractivity contribution in [3.8, 4) is 0 Å². The number of hydrogen-bond donors (Lipinski definition) is 1. The van der Waals surface area contributed by atoms with Gasteiger partial charge in [-0.2, -0.15) is 0 Å². The van der Waals surface area contributed by atoms with Gasteiger partial charge < -0.3 is 0 Å². The molecule has 0 aromatic heterocycles. The molecule has 0 aromatic carbocycles. The molecule has 60 valence electrons. The normalized spacial score (nSPS) is 12.7. The molecule has 1 unspecified atom stereocenters. The number of amides is 1. The van der Waals surface area contributed by atoms with Gasteiger partial charge in [0.15, 0.2) is 0 Å². The van der Waals surface area contributed by atoms with Crippen molar-refractivity contribution in [1.82, 2.24) is 5.48 Å². The van der Waals surface area contributed by atoms with E-state index < -0.39 is 6.17 Å². The Morgan fingerprint density at radius 1 is 1.80 bits per heavy atom. The zero-order valence-corrected chi connectivity index (χ0v) is 6.19. The fourth-order valence-corrected chi connectivity index (χ4v) is 0.374. The second-order valence-corrected chi connectivity index (χ2v) is 2.08. The highest BCUT2D eigenvalue weighted by atomic mass is 19.1. The molecule has 0 aliphatic carbocycles. The van der Waals surface area contributed by atoms with Crippen LogP contribution in [0.5, 0.6) is 0 Å². The number of rotatable bonds is 4. The lowest BCUT2D eigenvalue weighted by Crippen LogP contribution is -2.21. The molecule has 1 atom stereocenters. The molecule has 0 aliphatic heterocycles. The Balaban J connectivity index is 2.98. The maximum absolute atomic E-state index is 12.0. The van der Waals surface area contributed by atoms with Gasteiger partial charge in [-0.05, 0) is 6.92 Å². The Morgan fingerprint density at radius 3 is 2.80 bits per heavy atom. The second-order valence-electron chi connectivity index (χ2n) is 2.08. The average Bonchev–Trinajstić information content (AvgIpc) is 1.79. The van der Waals surface area contributed by atoms with E-state index in [-0.39, 0.29) is 12.5 Å². The highest BCUT2D eigenvalue weighted by Gasteiger charge is 1.97. The molecular formula is C6H12FNO2. The van der Waals surface area contributed by atoms with Crippen molar-refractivity contribution in [3.05, 3.63) is 0 Å². The van der Waals surface area contributed by atoms with Crippen LogP contribution >= 0.6 is 0 Å². The first-order valence-electron chi connectivity index (χ1n) is 3.15. The van der Waals surface area contributed by atoms with Gasteiger partial charge in [0.1, 0.15) is 0 Å². The molecule has 0 aliphatic rings. The summed E-state index contributed by atoms with van der Waals surface area (Å²) in [5, 5.41) is 0. The predicted octanol–water partition coefficient (Wildman–Crippen LogP) is 0.802. The SMILES string of the molecule is CC(=O)NOCCC(C)F. The van der Waals surface area contributed by atoms with Crippen LogP contribution in [-0.2, 0) is 9.63 Å². The van der Waals surface area contributed by atoms with Gasteiger partial charge in [-0.3, -0.25) is 9.63 Å². The van der Waals surface area contributed by atoms with Crippen LogP contribution in [-0.4, -0.2) is 18.7 Å². The van der Waals surface area contributed by atoms with Gasteiger partial charge in [-0.1, -0.05) is 0 Å². The Hall–Kier alpha value is -0.640. The maximum Gasteiger partial charge on any atom is 0.240 e. The minimum atomic E-state index is -0.881. The minimum Gasteiger partial charge on any atom is -0.274 e. The molecule has 0 heterocycles. The zero-order valence-electron chi connectivity index (χ0n) is 6.19. The minimum absolute atomic E-state index is 0.219. The topological polar surface area (TPSA) is 38.3 Å². The zero-order chi connectivity index (χ0) is 7.98. The van der Waals surface area contributed by atoms with Gasteiger partial charge in [0.2, 0.25) is 5.91 Å². The lowest BCUT2D eigenvalue weighted by Gasteiger charge is -2.02. The third-order valence-electron chi connectivity index (χ3n) is 0.834. The van der Waals surface area contributed by atoms with Crippen LogP contribution in [0.2, 0.25) is 0 Å². The molecule has 0 spiro atoms. The molecule has 1 amide bonds. The van der Waals surface area contributed by atoms with E-state index in [4.69, 9.17) is 0 Å². The highest BCUT2D eigenvalue weighted by Crippen LogP contribution is 1.93. The summed E-state index contributed by atoms with van der Waals surface area (Å²) in [5.74, 6) is -0.272. The van der Waals surface area contributed by atoms with Crippen molar-refractivity contribution < 1.29 is 14.0 Å². The van der Waals surface area contributed by atoms with Crippen molar-refractivity contribution in [2.45, 2.75) is 26.4 Å². The second kappa shape index (κ2) is 5.17. The van der Waals surface area contributed by atoms with E-state index >= 15 is 0 Å². The molecule has 10 heavy (non-hydrogen) atoms. The van der Waals surface area contributed by atoms with Crippen molar-refractivity contribution in [2.24, 2.45) is 0 Å². The van der Waals surface area contributed by atoms with Crippen LogP contribution in [0.15, 0.2) is 0 Å². The molecule has 1 N–H and O–H groups in total. The third kappa shape index (κ3) is 7.36. The number of alkyl halides is 1. The van der Waals surface area contributed by atoms with E-state index in [1.165, 1.54) is 13.8 Å². The smallest absolute Gasteiger partial charge is 0.240 e. The first-order valence-corrected chi connectivity index (χ1v) is 3.15. The summed E-state index contributed by atoms with van der Waals surface area (Å²) in [4.78, 5) is 14.7. The molecule has 0 aromatic rings. The van der Waals surface area contributed by atoms with Crippen LogP contribution in [0.4, 0.5) is 4.39 Å².